The number of carbonyl (C=O) groups excluding carboxylic acids is 1. The van der Waals surface area contributed by atoms with Gasteiger partial charge in [-0.05, 0) is 26.3 Å². The van der Waals surface area contributed by atoms with Crippen LogP contribution in [0.2, 0.25) is 0 Å². The van der Waals surface area contributed by atoms with E-state index >= 15 is 0 Å². The minimum atomic E-state index is -0.212. The average Bonchev–Trinajstić information content (AvgIpc) is 2.34. The largest absolute Gasteiger partial charge is 0.460 e. The summed E-state index contributed by atoms with van der Waals surface area (Å²) in [5.41, 5.74) is 0.718. The average molecular weight is 231 g/mol. The number of hydrogen-bond acceptors (Lipinski definition) is 2. The molecule has 66 valence electrons. The van der Waals surface area contributed by atoms with Crippen LogP contribution in [0.15, 0.2) is 22.2 Å². The van der Waals surface area contributed by atoms with Crippen molar-refractivity contribution in [2.45, 2.75) is 26.4 Å². The van der Waals surface area contributed by atoms with Crippen molar-refractivity contribution in [1.82, 2.24) is 0 Å². The SMILES string of the molecule is CC(C)OC(=O)C1=CC(Br)=CC1. The molecule has 1 aliphatic rings. The van der Waals surface area contributed by atoms with E-state index in [4.69, 9.17) is 4.74 Å². The second kappa shape index (κ2) is 3.90. The molecule has 0 bridgehead atoms. The lowest BCUT2D eigenvalue weighted by Gasteiger charge is -2.07. The van der Waals surface area contributed by atoms with Crippen molar-refractivity contribution in [2.24, 2.45) is 0 Å². The van der Waals surface area contributed by atoms with E-state index in [9.17, 15) is 4.79 Å². The Morgan fingerprint density at radius 3 is 2.75 bits per heavy atom. The first-order valence-corrected chi connectivity index (χ1v) is 4.66. The molecule has 0 aromatic heterocycles. The summed E-state index contributed by atoms with van der Waals surface area (Å²) in [5.74, 6) is -0.212. The number of ether oxygens (including phenoxy) is 1. The number of carbonyl (C=O) groups is 1. The Morgan fingerprint density at radius 1 is 1.67 bits per heavy atom. The quantitative estimate of drug-likeness (QED) is 0.682. The van der Waals surface area contributed by atoms with E-state index in [-0.39, 0.29) is 12.1 Å². The standard InChI is InChI=1S/C9H11BrO2/c1-6(2)12-9(11)7-3-4-8(10)5-7/h4-6H,3H2,1-2H3. The van der Waals surface area contributed by atoms with E-state index in [0.717, 1.165) is 10.1 Å². The molecule has 12 heavy (non-hydrogen) atoms. The summed E-state index contributed by atoms with van der Waals surface area (Å²) in [6.07, 6.45) is 4.37. The summed E-state index contributed by atoms with van der Waals surface area (Å²) < 4.78 is 5.98. The van der Waals surface area contributed by atoms with Crippen molar-refractivity contribution in [1.29, 1.82) is 0 Å². The summed E-state index contributed by atoms with van der Waals surface area (Å²) in [6.45, 7) is 3.69. The zero-order valence-electron chi connectivity index (χ0n) is 7.13. The number of halogens is 1. The summed E-state index contributed by atoms with van der Waals surface area (Å²) >= 11 is 3.29. The van der Waals surface area contributed by atoms with Crippen molar-refractivity contribution in [2.75, 3.05) is 0 Å². The first-order valence-electron chi connectivity index (χ1n) is 3.87. The topological polar surface area (TPSA) is 26.3 Å². The molecule has 0 saturated heterocycles. The third-order valence-corrected chi connectivity index (χ3v) is 1.99. The maximum atomic E-state index is 11.3. The molecule has 0 aliphatic heterocycles. The van der Waals surface area contributed by atoms with Crippen LogP contribution in [-0.4, -0.2) is 12.1 Å². The van der Waals surface area contributed by atoms with Crippen LogP contribution >= 0.6 is 15.9 Å². The number of esters is 1. The van der Waals surface area contributed by atoms with Crippen molar-refractivity contribution >= 4 is 21.9 Å². The predicted octanol–water partition coefficient (Wildman–Crippen LogP) is 2.55. The maximum Gasteiger partial charge on any atom is 0.334 e. The fourth-order valence-electron chi connectivity index (χ4n) is 0.924. The van der Waals surface area contributed by atoms with Crippen LogP contribution in [0.5, 0.6) is 0 Å². The molecule has 0 atom stereocenters. The Kier molecular flexibility index (Phi) is 3.09. The van der Waals surface area contributed by atoms with Gasteiger partial charge >= 0.3 is 5.97 Å². The molecule has 0 amide bonds. The highest BCUT2D eigenvalue weighted by Crippen LogP contribution is 2.22. The van der Waals surface area contributed by atoms with Gasteiger partial charge in [0, 0.05) is 10.1 Å². The summed E-state index contributed by atoms with van der Waals surface area (Å²) in [6, 6.07) is 0. The van der Waals surface area contributed by atoms with E-state index in [1.165, 1.54) is 0 Å². The molecule has 0 fully saturated rings. The summed E-state index contributed by atoms with van der Waals surface area (Å²) in [7, 11) is 0. The van der Waals surface area contributed by atoms with Gasteiger partial charge in [0.2, 0.25) is 0 Å². The molecule has 0 heterocycles. The van der Waals surface area contributed by atoms with E-state index in [0.29, 0.717) is 6.42 Å². The molecule has 0 aromatic rings. The lowest BCUT2D eigenvalue weighted by molar-refractivity contribution is -0.142. The highest BCUT2D eigenvalue weighted by atomic mass is 79.9. The maximum absolute atomic E-state index is 11.3. The third kappa shape index (κ3) is 2.48. The van der Waals surface area contributed by atoms with Crippen LogP contribution in [0, 0.1) is 0 Å². The van der Waals surface area contributed by atoms with Gasteiger partial charge in [0.05, 0.1) is 6.10 Å². The minimum absolute atomic E-state index is 0.0437. The fraction of sp³-hybridized carbons (Fsp3) is 0.444. The normalized spacial score (nSPS) is 16.0. The highest BCUT2D eigenvalue weighted by Gasteiger charge is 2.15. The van der Waals surface area contributed by atoms with E-state index in [1.807, 2.05) is 19.9 Å². The highest BCUT2D eigenvalue weighted by molar-refractivity contribution is 9.11. The van der Waals surface area contributed by atoms with E-state index in [2.05, 4.69) is 15.9 Å². The van der Waals surface area contributed by atoms with Crippen molar-refractivity contribution in [3.63, 3.8) is 0 Å². The van der Waals surface area contributed by atoms with Gasteiger partial charge in [0.1, 0.15) is 0 Å². The molecule has 1 aliphatic carbocycles. The molecule has 0 unspecified atom stereocenters. The Labute approximate surface area is 80.4 Å². The fourth-order valence-corrected chi connectivity index (χ4v) is 1.36. The smallest absolute Gasteiger partial charge is 0.334 e. The Hall–Kier alpha value is -0.570. The number of allylic oxidation sites excluding steroid dienone is 3. The monoisotopic (exact) mass is 230 g/mol. The van der Waals surface area contributed by atoms with Crippen LogP contribution < -0.4 is 0 Å². The number of rotatable bonds is 2. The van der Waals surface area contributed by atoms with Crippen molar-refractivity contribution < 1.29 is 9.53 Å². The van der Waals surface area contributed by atoms with Crippen LogP contribution in [0.25, 0.3) is 0 Å². The molecule has 0 aromatic carbocycles. The van der Waals surface area contributed by atoms with Gasteiger partial charge in [-0.25, -0.2) is 4.79 Å². The lowest BCUT2D eigenvalue weighted by Crippen LogP contribution is -2.12. The first kappa shape index (κ1) is 9.52. The van der Waals surface area contributed by atoms with E-state index < -0.39 is 0 Å². The summed E-state index contributed by atoms with van der Waals surface area (Å²) in [5, 5.41) is 0. The Balaban J connectivity index is 2.51. The van der Waals surface area contributed by atoms with Crippen molar-refractivity contribution in [3.05, 3.63) is 22.2 Å². The molecular formula is C9H11BrO2. The van der Waals surface area contributed by atoms with Crippen molar-refractivity contribution in [3.8, 4) is 0 Å². The molecule has 2 nitrogen and oxygen atoms in total. The molecule has 1 rings (SSSR count). The zero-order chi connectivity index (χ0) is 9.14. The zero-order valence-corrected chi connectivity index (χ0v) is 8.72. The second-order valence-electron chi connectivity index (χ2n) is 2.92. The Morgan fingerprint density at radius 2 is 2.33 bits per heavy atom. The molecular weight excluding hydrogens is 220 g/mol. The van der Waals surface area contributed by atoms with Crippen LogP contribution in [-0.2, 0) is 9.53 Å². The van der Waals surface area contributed by atoms with Gasteiger partial charge in [-0.15, -0.1) is 0 Å². The Bertz CT molecular complexity index is 251. The molecule has 3 heteroatoms. The first-order chi connectivity index (χ1) is 5.59. The number of hydrogen-bond donors (Lipinski definition) is 0. The second-order valence-corrected chi connectivity index (χ2v) is 3.83. The summed E-state index contributed by atoms with van der Waals surface area (Å²) in [4.78, 5) is 11.3. The molecule has 0 saturated carbocycles. The molecule has 0 radical (unpaired) electrons. The van der Waals surface area contributed by atoms with Gasteiger partial charge < -0.3 is 4.74 Å². The van der Waals surface area contributed by atoms with Crippen LogP contribution in [0.3, 0.4) is 0 Å². The van der Waals surface area contributed by atoms with Gasteiger partial charge in [0.25, 0.3) is 0 Å². The third-order valence-electron chi connectivity index (χ3n) is 1.43. The van der Waals surface area contributed by atoms with Gasteiger partial charge in [-0.2, -0.15) is 0 Å². The van der Waals surface area contributed by atoms with Crippen LogP contribution in [0.4, 0.5) is 0 Å². The predicted molar refractivity (Wildman–Crippen MR) is 50.9 cm³/mol. The lowest BCUT2D eigenvalue weighted by atomic mass is 10.2. The van der Waals surface area contributed by atoms with E-state index in [1.54, 1.807) is 6.08 Å². The van der Waals surface area contributed by atoms with Gasteiger partial charge in [-0.3, -0.25) is 0 Å². The van der Waals surface area contributed by atoms with Gasteiger partial charge in [0.15, 0.2) is 0 Å². The molecule has 0 spiro atoms. The van der Waals surface area contributed by atoms with Gasteiger partial charge in [-0.1, -0.05) is 22.0 Å². The van der Waals surface area contributed by atoms with Crippen LogP contribution in [0.1, 0.15) is 20.3 Å². The minimum Gasteiger partial charge on any atom is -0.460 e. The molecule has 0 N–H and O–H groups in total.